The minimum atomic E-state index is -4.79. The monoisotopic (exact) mass is 517 g/mol. The highest BCUT2D eigenvalue weighted by Crippen LogP contribution is 2.47. The number of nitrogens with zero attached hydrogens (tertiary/aromatic N) is 1. The van der Waals surface area contributed by atoms with Crippen LogP contribution in [0.15, 0.2) is 35.5 Å². The molecule has 4 rings (SSSR count). The number of nitrogens with one attached hydrogen (secondary N) is 3. The number of nitrogens with two attached hydrogens (primary N) is 1. The maximum atomic E-state index is 13.2. The zero-order valence-electron chi connectivity index (χ0n) is 18.3. The summed E-state index contributed by atoms with van der Waals surface area (Å²) >= 11 is 6.06. The molecule has 1 saturated carbocycles. The van der Waals surface area contributed by atoms with Gasteiger partial charge < -0.3 is 16.0 Å². The number of allylic oxidation sites excluding steroid dienone is 1. The summed E-state index contributed by atoms with van der Waals surface area (Å²) in [6.07, 6.45) is 3.01. The minimum Gasteiger partial charge on any atom is -0.375 e. The fraction of sp³-hybridized carbons (Fsp3) is 0.429. The number of sulfonamides is 1. The third-order valence-corrected chi connectivity index (χ3v) is 8.26. The molecule has 13 heteroatoms. The van der Waals surface area contributed by atoms with Crippen molar-refractivity contribution in [3.8, 4) is 0 Å². The molecule has 184 valence electrons. The molecule has 5 N–H and O–H groups in total. The van der Waals surface area contributed by atoms with Crippen LogP contribution in [-0.2, 0) is 15.6 Å². The number of carbonyl (C=O) groups excluding carboxylic acids is 1. The first-order valence-corrected chi connectivity index (χ1v) is 12.3. The second-order valence-electron chi connectivity index (χ2n) is 9.04. The summed E-state index contributed by atoms with van der Waals surface area (Å²) in [7, 11) is -4.52. The number of fused-ring (bicyclic) bond motifs is 1. The molecule has 1 atom stereocenters. The summed E-state index contributed by atoms with van der Waals surface area (Å²) in [5, 5.41) is 3.77. The number of halogens is 4. The van der Waals surface area contributed by atoms with Crippen molar-refractivity contribution in [2.75, 3.05) is 0 Å². The normalized spacial score (nSPS) is 21.8. The van der Waals surface area contributed by atoms with Gasteiger partial charge in [-0.2, -0.15) is 17.9 Å². The number of hydrogen-bond donors (Lipinski definition) is 4. The Labute approximate surface area is 198 Å². The van der Waals surface area contributed by atoms with E-state index in [1.165, 1.54) is 12.3 Å². The molecule has 0 spiro atoms. The van der Waals surface area contributed by atoms with Gasteiger partial charge in [-0.25, -0.2) is 13.4 Å². The van der Waals surface area contributed by atoms with Crippen molar-refractivity contribution in [3.05, 3.63) is 51.8 Å². The summed E-state index contributed by atoms with van der Waals surface area (Å²) in [4.78, 5) is 19.4. The number of hydrogen-bond acceptors (Lipinski definition) is 5. The number of carbonyl (C=O) groups is 1. The van der Waals surface area contributed by atoms with E-state index < -0.39 is 33.2 Å². The zero-order valence-corrected chi connectivity index (χ0v) is 19.8. The Morgan fingerprint density at radius 1 is 1.32 bits per heavy atom. The van der Waals surface area contributed by atoms with Crippen molar-refractivity contribution >= 4 is 38.6 Å². The summed E-state index contributed by atoms with van der Waals surface area (Å²) < 4.78 is 66.9. The van der Waals surface area contributed by atoms with E-state index in [0.717, 1.165) is 39.3 Å². The smallest absolute Gasteiger partial charge is 0.375 e. The molecule has 34 heavy (non-hydrogen) atoms. The molecule has 1 unspecified atom stereocenters. The molecule has 2 aromatic heterocycles. The Morgan fingerprint density at radius 2 is 2.00 bits per heavy atom. The Morgan fingerprint density at radius 3 is 2.50 bits per heavy atom. The van der Waals surface area contributed by atoms with Gasteiger partial charge in [0.1, 0.15) is 11.2 Å². The van der Waals surface area contributed by atoms with Gasteiger partial charge in [0.15, 0.2) is 0 Å². The van der Waals surface area contributed by atoms with E-state index in [1.54, 1.807) is 16.9 Å². The predicted octanol–water partition coefficient (Wildman–Crippen LogP) is 3.57. The summed E-state index contributed by atoms with van der Waals surface area (Å²) in [5.74, 6) is -0.763. The first-order valence-electron chi connectivity index (χ1n) is 10.4. The molecule has 2 aromatic rings. The van der Waals surface area contributed by atoms with E-state index in [4.69, 9.17) is 17.3 Å². The molecule has 1 amide bonds. The second kappa shape index (κ2) is 7.99. The maximum Gasteiger partial charge on any atom is 0.407 e. The number of amides is 1. The molecule has 0 aromatic carbocycles. The van der Waals surface area contributed by atoms with Gasteiger partial charge >= 0.3 is 6.18 Å². The van der Waals surface area contributed by atoms with E-state index in [0.29, 0.717) is 21.7 Å². The number of dihydropyridines is 1. The van der Waals surface area contributed by atoms with E-state index in [2.05, 4.69) is 15.3 Å². The number of alkyl halides is 3. The lowest BCUT2D eigenvalue weighted by molar-refractivity contribution is -0.180. The average molecular weight is 518 g/mol. The molecule has 1 aliphatic carbocycles. The molecule has 0 bridgehead atoms. The van der Waals surface area contributed by atoms with Gasteiger partial charge in [-0.15, -0.1) is 0 Å². The van der Waals surface area contributed by atoms with Crippen LogP contribution in [0.2, 0.25) is 5.02 Å². The summed E-state index contributed by atoms with van der Waals surface area (Å²) in [6, 6.07) is 1.56. The van der Waals surface area contributed by atoms with Gasteiger partial charge in [0.25, 0.3) is 5.91 Å². The molecule has 1 aliphatic heterocycles. The fourth-order valence-corrected chi connectivity index (χ4v) is 5.73. The highest BCUT2D eigenvalue weighted by molar-refractivity contribution is 7.93. The molecule has 8 nitrogen and oxygen atoms in total. The van der Waals surface area contributed by atoms with Crippen LogP contribution in [0, 0.1) is 5.92 Å². The van der Waals surface area contributed by atoms with Crippen molar-refractivity contribution in [2.24, 2.45) is 11.7 Å². The lowest BCUT2D eigenvalue weighted by Crippen LogP contribution is -2.55. The molecule has 0 radical (unpaired) electrons. The van der Waals surface area contributed by atoms with Gasteiger partial charge in [0.05, 0.1) is 26.7 Å². The molecule has 0 saturated heterocycles. The standard InChI is InChI=1S/C21H23ClF3N5O3S/c1-19(2,21(23,24)25)30-34(32,33)13-6-7-20(28-10-13,11-4-3-5-11)16-15(17(26)31)14-8-12(22)9-27-18(14)29-16/h6-11,28,30H,3-5H2,1-2H3,(H2,26,31)(H,27,29). The van der Waals surface area contributed by atoms with Gasteiger partial charge in [-0.3, -0.25) is 4.79 Å². The first-order chi connectivity index (χ1) is 15.7. The number of aromatic nitrogens is 2. The Kier molecular flexibility index (Phi) is 5.77. The molecular weight excluding hydrogens is 495 g/mol. The van der Waals surface area contributed by atoms with Crippen molar-refractivity contribution < 1.29 is 26.4 Å². The number of pyridine rings is 1. The van der Waals surface area contributed by atoms with Crippen LogP contribution in [-0.4, -0.2) is 36.0 Å². The van der Waals surface area contributed by atoms with E-state index in [9.17, 15) is 26.4 Å². The summed E-state index contributed by atoms with van der Waals surface area (Å²) in [5.41, 5.74) is 2.90. The van der Waals surface area contributed by atoms with Gasteiger partial charge in [0, 0.05) is 17.8 Å². The van der Waals surface area contributed by atoms with Crippen molar-refractivity contribution in [1.82, 2.24) is 20.0 Å². The van der Waals surface area contributed by atoms with Crippen LogP contribution in [0.3, 0.4) is 0 Å². The minimum absolute atomic E-state index is 0.0366. The van der Waals surface area contributed by atoms with Crippen LogP contribution < -0.4 is 15.8 Å². The topological polar surface area (TPSA) is 130 Å². The van der Waals surface area contributed by atoms with E-state index in [-0.39, 0.29) is 16.4 Å². The van der Waals surface area contributed by atoms with Crippen LogP contribution >= 0.6 is 11.6 Å². The van der Waals surface area contributed by atoms with E-state index in [1.807, 2.05) is 0 Å². The molecule has 3 heterocycles. The lowest BCUT2D eigenvalue weighted by atomic mass is 9.67. The SMILES string of the molecule is CC(C)(NS(=O)(=O)C1=CNC(c2[nH]c3ncc(Cl)cc3c2C(N)=O)(C2CCC2)C=C1)C(F)(F)F. The maximum absolute atomic E-state index is 13.2. The molecule has 1 fully saturated rings. The Balaban J connectivity index is 1.78. The lowest BCUT2D eigenvalue weighted by Gasteiger charge is -2.45. The number of primary amides is 1. The predicted molar refractivity (Wildman–Crippen MR) is 121 cm³/mol. The van der Waals surface area contributed by atoms with Gasteiger partial charge in [-0.1, -0.05) is 24.1 Å². The van der Waals surface area contributed by atoms with Crippen LogP contribution in [0.1, 0.15) is 49.2 Å². The summed E-state index contributed by atoms with van der Waals surface area (Å²) in [6.45, 7) is 1.48. The highest BCUT2D eigenvalue weighted by atomic mass is 35.5. The van der Waals surface area contributed by atoms with Crippen molar-refractivity contribution in [1.29, 1.82) is 0 Å². The average Bonchev–Trinajstić information content (AvgIpc) is 3.04. The Bertz CT molecular complexity index is 1330. The largest absolute Gasteiger partial charge is 0.407 e. The number of aromatic amines is 1. The van der Waals surface area contributed by atoms with E-state index >= 15 is 0 Å². The Hall–Kier alpha value is -2.57. The third-order valence-electron chi connectivity index (χ3n) is 6.40. The highest BCUT2D eigenvalue weighted by Gasteiger charge is 2.51. The van der Waals surface area contributed by atoms with Crippen LogP contribution in [0.25, 0.3) is 11.0 Å². The first kappa shape index (κ1) is 24.6. The number of H-pyrrole nitrogens is 1. The van der Waals surface area contributed by atoms with Crippen LogP contribution in [0.5, 0.6) is 0 Å². The fourth-order valence-electron chi connectivity index (χ4n) is 4.21. The second-order valence-corrected chi connectivity index (χ2v) is 11.2. The zero-order chi connectivity index (χ0) is 25.1. The quantitative estimate of drug-likeness (QED) is 0.465. The van der Waals surface area contributed by atoms with Crippen LogP contribution in [0.4, 0.5) is 13.2 Å². The van der Waals surface area contributed by atoms with Crippen molar-refractivity contribution in [3.63, 3.8) is 0 Å². The van der Waals surface area contributed by atoms with Gasteiger partial charge in [-0.05, 0) is 44.7 Å². The van der Waals surface area contributed by atoms with Gasteiger partial charge in [0.2, 0.25) is 10.0 Å². The molecular formula is C21H23ClF3N5O3S. The third kappa shape index (κ3) is 3.97. The number of rotatable bonds is 6. The van der Waals surface area contributed by atoms with Crippen molar-refractivity contribution in [2.45, 2.75) is 50.4 Å². The molecule has 2 aliphatic rings.